The molecule has 3 nitrogen and oxygen atoms in total. The van der Waals surface area contributed by atoms with Crippen LogP contribution < -0.4 is 11.1 Å². The average Bonchev–Trinajstić information content (AvgIpc) is 2.69. The molecule has 0 unspecified atom stereocenters. The number of hydrogen-bond donors (Lipinski definition) is 2. The molecule has 0 atom stereocenters. The predicted molar refractivity (Wildman–Crippen MR) is 75.8 cm³/mol. The van der Waals surface area contributed by atoms with Gasteiger partial charge in [-0.15, -0.1) is 11.3 Å². The Kier molecular flexibility index (Phi) is 3.85. The van der Waals surface area contributed by atoms with Gasteiger partial charge < -0.3 is 11.1 Å². The monoisotopic (exact) mass is 278 g/mol. The van der Waals surface area contributed by atoms with E-state index in [1.165, 1.54) is 28.6 Å². The van der Waals surface area contributed by atoms with Gasteiger partial charge in [-0.1, -0.05) is 0 Å². The minimum atomic E-state index is -0.513. The molecule has 100 valence electrons. The summed E-state index contributed by atoms with van der Waals surface area (Å²) in [6, 6.07) is 6.02. The first-order valence-corrected chi connectivity index (χ1v) is 6.68. The lowest BCUT2D eigenvalue weighted by Gasteiger charge is -2.05. The highest BCUT2D eigenvalue weighted by atomic mass is 32.1. The Morgan fingerprint density at radius 3 is 2.68 bits per heavy atom. The summed E-state index contributed by atoms with van der Waals surface area (Å²) in [5.41, 5.74) is 7.01. The average molecular weight is 278 g/mol. The van der Waals surface area contributed by atoms with Crippen molar-refractivity contribution in [2.24, 2.45) is 0 Å². The van der Waals surface area contributed by atoms with Crippen molar-refractivity contribution >= 4 is 22.9 Å². The van der Waals surface area contributed by atoms with E-state index >= 15 is 0 Å². The lowest BCUT2D eigenvalue weighted by molar-refractivity contribution is 0.0951. The standard InChI is InChI=1S/C14H15FN2OS/c1-8-5-11(19-9(8)2)7-17-14(18)10-3-4-12(15)13(16)6-10/h3-6H,7,16H2,1-2H3,(H,17,18). The molecule has 2 aromatic rings. The van der Waals surface area contributed by atoms with Gasteiger partial charge in [0, 0.05) is 15.3 Å². The number of carbonyl (C=O) groups excluding carboxylic acids is 1. The first-order chi connectivity index (χ1) is 8.97. The largest absolute Gasteiger partial charge is 0.396 e. The summed E-state index contributed by atoms with van der Waals surface area (Å²) in [7, 11) is 0. The number of anilines is 1. The highest BCUT2D eigenvalue weighted by Gasteiger charge is 2.09. The molecule has 3 N–H and O–H groups in total. The Morgan fingerprint density at radius 1 is 1.37 bits per heavy atom. The number of carbonyl (C=O) groups is 1. The van der Waals surface area contributed by atoms with Crippen molar-refractivity contribution < 1.29 is 9.18 Å². The van der Waals surface area contributed by atoms with E-state index < -0.39 is 5.82 Å². The summed E-state index contributed by atoms with van der Waals surface area (Å²) < 4.78 is 13.0. The first-order valence-electron chi connectivity index (χ1n) is 5.86. The fraction of sp³-hybridized carbons (Fsp3) is 0.214. The van der Waals surface area contributed by atoms with Gasteiger partial charge in [0.1, 0.15) is 5.82 Å². The van der Waals surface area contributed by atoms with Gasteiger partial charge in [-0.25, -0.2) is 4.39 Å². The van der Waals surface area contributed by atoms with Crippen molar-refractivity contribution in [1.82, 2.24) is 5.32 Å². The summed E-state index contributed by atoms with van der Waals surface area (Å²) >= 11 is 1.66. The molecule has 0 aliphatic heterocycles. The molecule has 0 bridgehead atoms. The van der Waals surface area contributed by atoms with Crippen LogP contribution in [0.5, 0.6) is 0 Å². The van der Waals surface area contributed by atoms with Crippen molar-refractivity contribution in [2.75, 3.05) is 5.73 Å². The van der Waals surface area contributed by atoms with E-state index in [4.69, 9.17) is 5.73 Å². The smallest absolute Gasteiger partial charge is 0.251 e. The summed E-state index contributed by atoms with van der Waals surface area (Å²) in [5.74, 6) is -0.767. The Hall–Kier alpha value is -1.88. The number of thiophene rings is 1. The van der Waals surface area contributed by atoms with Crippen LogP contribution in [0.2, 0.25) is 0 Å². The van der Waals surface area contributed by atoms with E-state index in [1.807, 2.05) is 13.8 Å². The van der Waals surface area contributed by atoms with E-state index in [0.717, 1.165) is 4.88 Å². The van der Waals surface area contributed by atoms with E-state index in [0.29, 0.717) is 12.1 Å². The molecule has 1 heterocycles. The van der Waals surface area contributed by atoms with Crippen LogP contribution in [-0.2, 0) is 6.54 Å². The maximum atomic E-state index is 13.0. The van der Waals surface area contributed by atoms with Crippen molar-refractivity contribution in [3.05, 3.63) is 51.0 Å². The van der Waals surface area contributed by atoms with Crippen LogP contribution in [0.25, 0.3) is 0 Å². The molecular formula is C14H15FN2OS. The SMILES string of the molecule is Cc1cc(CNC(=O)c2ccc(F)c(N)c2)sc1C. The van der Waals surface area contributed by atoms with Gasteiger partial charge in [0.2, 0.25) is 0 Å². The zero-order chi connectivity index (χ0) is 14.0. The number of benzene rings is 1. The molecule has 1 aromatic heterocycles. The molecule has 0 aliphatic rings. The van der Waals surface area contributed by atoms with Gasteiger partial charge in [0.05, 0.1) is 12.2 Å². The molecule has 0 radical (unpaired) electrons. The first kappa shape index (κ1) is 13.5. The van der Waals surface area contributed by atoms with Crippen molar-refractivity contribution in [2.45, 2.75) is 20.4 Å². The number of halogens is 1. The van der Waals surface area contributed by atoms with Gasteiger partial charge in [-0.05, 0) is 43.7 Å². The summed E-state index contributed by atoms with van der Waals surface area (Å²) in [5, 5.41) is 2.80. The van der Waals surface area contributed by atoms with Crippen LogP contribution in [0.1, 0.15) is 25.7 Å². The van der Waals surface area contributed by atoms with E-state index in [2.05, 4.69) is 11.4 Å². The summed E-state index contributed by atoms with van der Waals surface area (Å²) in [6.07, 6.45) is 0. The Balaban J connectivity index is 2.03. The Morgan fingerprint density at radius 2 is 2.11 bits per heavy atom. The molecule has 5 heteroatoms. The maximum absolute atomic E-state index is 13.0. The lowest BCUT2D eigenvalue weighted by atomic mass is 10.2. The van der Waals surface area contributed by atoms with Crippen LogP contribution in [0, 0.1) is 19.7 Å². The van der Waals surface area contributed by atoms with Gasteiger partial charge in [0.15, 0.2) is 0 Å². The molecule has 1 aromatic carbocycles. The van der Waals surface area contributed by atoms with E-state index in [9.17, 15) is 9.18 Å². The number of aryl methyl sites for hydroxylation is 2. The molecule has 0 spiro atoms. The van der Waals surface area contributed by atoms with E-state index in [1.54, 1.807) is 11.3 Å². The molecule has 1 amide bonds. The quantitative estimate of drug-likeness (QED) is 0.848. The second-order valence-corrected chi connectivity index (χ2v) is 5.71. The van der Waals surface area contributed by atoms with Crippen molar-refractivity contribution in [3.63, 3.8) is 0 Å². The minimum absolute atomic E-state index is 0.0181. The second kappa shape index (κ2) is 5.40. The number of nitrogen functional groups attached to an aromatic ring is 1. The van der Waals surface area contributed by atoms with Gasteiger partial charge >= 0.3 is 0 Å². The third-order valence-corrected chi connectivity index (χ3v) is 4.05. The third-order valence-electron chi connectivity index (χ3n) is 2.90. The lowest BCUT2D eigenvalue weighted by Crippen LogP contribution is -2.22. The highest BCUT2D eigenvalue weighted by molar-refractivity contribution is 7.12. The van der Waals surface area contributed by atoms with Crippen LogP contribution in [-0.4, -0.2) is 5.91 Å². The fourth-order valence-corrected chi connectivity index (χ4v) is 2.68. The second-order valence-electron chi connectivity index (χ2n) is 4.37. The molecule has 0 saturated heterocycles. The van der Waals surface area contributed by atoms with Gasteiger partial charge in [0.25, 0.3) is 5.91 Å². The summed E-state index contributed by atoms with van der Waals surface area (Å²) in [6.45, 7) is 4.55. The number of nitrogens with one attached hydrogen (secondary N) is 1. The van der Waals surface area contributed by atoms with Gasteiger partial charge in [-0.2, -0.15) is 0 Å². The molecule has 0 aliphatic carbocycles. The topological polar surface area (TPSA) is 55.1 Å². The molecule has 19 heavy (non-hydrogen) atoms. The van der Waals surface area contributed by atoms with Crippen LogP contribution in [0.4, 0.5) is 10.1 Å². The molecule has 2 rings (SSSR count). The highest BCUT2D eigenvalue weighted by Crippen LogP contribution is 2.20. The Labute approximate surface area is 115 Å². The maximum Gasteiger partial charge on any atom is 0.251 e. The zero-order valence-electron chi connectivity index (χ0n) is 10.8. The molecule has 0 fully saturated rings. The number of nitrogens with two attached hydrogens (primary N) is 1. The Bertz CT molecular complexity index is 602. The van der Waals surface area contributed by atoms with Crippen molar-refractivity contribution in [3.8, 4) is 0 Å². The third kappa shape index (κ3) is 3.12. The number of hydrogen-bond acceptors (Lipinski definition) is 3. The molecular weight excluding hydrogens is 263 g/mol. The fourth-order valence-electron chi connectivity index (χ4n) is 1.69. The molecule has 0 saturated carbocycles. The number of amides is 1. The minimum Gasteiger partial charge on any atom is -0.396 e. The van der Waals surface area contributed by atoms with Crippen LogP contribution >= 0.6 is 11.3 Å². The normalized spacial score (nSPS) is 10.5. The van der Waals surface area contributed by atoms with Crippen molar-refractivity contribution in [1.29, 1.82) is 0 Å². The zero-order valence-corrected chi connectivity index (χ0v) is 11.6. The predicted octanol–water partition coefficient (Wildman–Crippen LogP) is 3.02. The van der Waals surface area contributed by atoms with Crippen LogP contribution in [0.3, 0.4) is 0 Å². The summed E-state index contributed by atoms with van der Waals surface area (Å²) in [4.78, 5) is 14.2. The van der Waals surface area contributed by atoms with Gasteiger partial charge in [-0.3, -0.25) is 4.79 Å². The number of rotatable bonds is 3. The van der Waals surface area contributed by atoms with E-state index in [-0.39, 0.29) is 11.6 Å². The van der Waals surface area contributed by atoms with Crippen LogP contribution in [0.15, 0.2) is 24.3 Å².